The summed E-state index contributed by atoms with van der Waals surface area (Å²) in [6.45, 7) is -6.32. The maximum absolute atomic E-state index is 15.4. The van der Waals surface area contributed by atoms with Gasteiger partial charge in [-0.15, -0.1) is 0 Å². The van der Waals surface area contributed by atoms with Crippen LogP contribution in [0.25, 0.3) is 22.8 Å². The molecule has 1 fully saturated rings. The highest BCUT2D eigenvalue weighted by Gasteiger charge is 2.21. The monoisotopic (exact) mass is 482 g/mol. The van der Waals surface area contributed by atoms with E-state index in [1.807, 2.05) is 0 Å². The minimum Gasteiger partial charge on any atom is -0.485 e. The normalized spacial score (nSPS) is 16.7. The zero-order chi connectivity index (χ0) is 27.8. The van der Waals surface area contributed by atoms with E-state index in [2.05, 4.69) is 10.2 Å². The predicted octanol–water partition coefficient (Wildman–Crippen LogP) is 4.47. The molecule has 5 rings (SSSR count). The Bertz CT molecular complexity index is 1530. The summed E-state index contributed by atoms with van der Waals surface area (Å²) < 4.78 is 71.9. The summed E-state index contributed by atoms with van der Waals surface area (Å²) in [5.41, 5.74) is 0.202. The van der Waals surface area contributed by atoms with Crippen molar-refractivity contribution in [2.24, 2.45) is 0 Å². The molecule has 9 heteroatoms. The van der Waals surface area contributed by atoms with E-state index >= 15 is 4.39 Å². The van der Waals surface area contributed by atoms with E-state index < -0.39 is 30.2 Å². The Labute approximate surface area is 206 Å². The molecular weight excluding hydrogens is 454 g/mol. The van der Waals surface area contributed by atoms with Crippen molar-refractivity contribution in [1.82, 2.24) is 19.6 Å². The highest BCUT2D eigenvalue weighted by Crippen LogP contribution is 2.29. The van der Waals surface area contributed by atoms with Crippen molar-refractivity contribution >= 4 is 0 Å². The highest BCUT2D eigenvalue weighted by atomic mass is 19.1. The number of rotatable bonds is 7. The smallest absolute Gasteiger partial charge is 0.251 e. The van der Waals surface area contributed by atoms with Gasteiger partial charge in [-0.1, -0.05) is 24.3 Å². The Morgan fingerprint density at radius 3 is 2.69 bits per heavy atom. The first-order valence-corrected chi connectivity index (χ1v) is 11.0. The zero-order valence-electron chi connectivity index (χ0n) is 22.5. The molecule has 0 bridgehead atoms. The number of benzene rings is 2. The van der Waals surface area contributed by atoms with E-state index in [-0.39, 0.29) is 23.0 Å². The number of alkyl halides is 1. The molecule has 0 N–H and O–H groups in total. The van der Waals surface area contributed by atoms with E-state index in [0.717, 1.165) is 29.3 Å². The first-order chi connectivity index (χ1) is 18.5. The molecule has 180 valence electrons. The zero-order valence-corrected chi connectivity index (χ0v) is 18.5. The van der Waals surface area contributed by atoms with Crippen LogP contribution in [-0.4, -0.2) is 46.0 Å². The molecule has 2 aromatic heterocycles. The molecule has 3 heterocycles. The fourth-order valence-electron chi connectivity index (χ4n) is 4.16. The largest absolute Gasteiger partial charge is 0.485 e. The lowest BCUT2D eigenvalue weighted by atomic mass is 9.91. The van der Waals surface area contributed by atoms with E-state index in [1.54, 1.807) is 36.4 Å². The van der Waals surface area contributed by atoms with Crippen LogP contribution in [0, 0.1) is 5.82 Å². The number of para-hydroxylation sites is 1. The summed E-state index contributed by atoms with van der Waals surface area (Å²) in [6.07, 6.45) is 3.83. The van der Waals surface area contributed by atoms with E-state index in [4.69, 9.17) is 15.0 Å². The van der Waals surface area contributed by atoms with Gasteiger partial charge in [0.15, 0.2) is 11.4 Å². The molecule has 1 saturated heterocycles. The van der Waals surface area contributed by atoms with E-state index in [0.29, 0.717) is 18.9 Å². The van der Waals surface area contributed by atoms with Crippen LogP contribution in [0.4, 0.5) is 8.78 Å². The van der Waals surface area contributed by atoms with Gasteiger partial charge < -0.3 is 9.47 Å². The molecule has 1 aliphatic rings. The lowest BCUT2D eigenvalue weighted by molar-refractivity contribution is 0.0853. The van der Waals surface area contributed by atoms with Gasteiger partial charge in [0.05, 0.1) is 29.3 Å². The summed E-state index contributed by atoms with van der Waals surface area (Å²) in [5.74, 6) is -1.30. The third-order valence-electron chi connectivity index (χ3n) is 5.88. The average Bonchev–Trinajstić information content (AvgIpc) is 3.40. The summed E-state index contributed by atoms with van der Waals surface area (Å²) in [7, 11) is 0. The maximum atomic E-state index is 15.4. The number of aromatic nitrogens is 4. The van der Waals surface area contributed by atoms with Crippen LogP contribution in [0.15, 0.2) is 71.8 Å². The third kappa shape index (κ3) is 4.72. The number of ether oxygens (including phenoxy) is 2. The van der Waals surface area contributed by atoms with Gasteiger partial charge in [0.1, 0.15) is 24.7 Å². The van der Waals surface area contributed by atoms with Gasteiger partial charge in [-0.05, 0) is 54.7 Å². The fraction of sp³-hybridized carbons (Fsp3) is 0.269. The molecule has 0 atom stereocenters. The molecule has 2 aromatic carbocycles. The fourth-order valence-corrected chi connectivity index (χ4v) is 4.16. The minimum atomic E-state index is -3.95. The standard InChI is InChI=1S/C26H24F2N4O3/c27-11-15-35-24-17-31(22-7-6-19(16-21(22)28)18-9-13-34-14-10-18)30-25(26(24)33)23-8-12-29-32(23)20-4-2-1-3-5-20/h1-8,12,16-18H,9-11,13-15H2/i11D2,15D2. The van der Waals surface area contributed by atoms with Gasteiger partial charge in [-0.2, -0.15) is 10.2 Å². The number of hydrogen-bond acceptors (Lipinski definition) is 5. The van der Waals surface area contributed by atoms with Gasteiger partial charge >= 0.3 is 0 Å². The topological polar surface area (TPSA) is 71.2 Å². The summed E-state index contributed by atoms with van der Waals surface area (Å²) in [6, 6.07) is 14.9. The lowest BCUT2D eigenvalue weighted by Gasteiger charge is -2.22. The minimum absolute atomic E-state index is 0.0773. The van der Waals surface area contributed by atoms with Crippen LogP contribution >= 0.6 is 0 Å². The second-order valence-corrected chi connectivity index (χ2v) is 7.98. The lowest BCUT2D eigenvalue weighted by Crippen LogP contribution is -2.20. The van der Waals surface area contributed by atoms with E-state index in [9.17, 15) is 9.18 Å². The Morgan fingerprint density at radius 1 is 1.14 bits per heavy atom. The quantitative estimate of drug-likeness (QED) is 0.389. The van der Waals surface area contributed by atoms with Gasteiger partial charge in [0, 0.05) is 13.2 Å². The van der Waals surface area contributed by atoms with Crippen LogP contribution in [-0.2, 0) is 4.74 Å². The van der Waals surface area contributed by atoms with Crippen molar-refractivity contribution in [3.63, 3.8) is 0 Å². The molecule has 0 amide bonds. The molecule has 1 aliphatic heterocycles. The second kappa shape index (κ2) is 10.2. The van der Waals surface area contributed by atoms with Gasteiger partial charge in [0.25, 0.3) is 5.43 Å². The Balaban J connectivity index is 1.65. The first kappa shape index (κ1) is 18.5. The molecular formula is C26H24F2N4O3. The van der Waals surface area contributed by atoms with Crippen LogP contribution in [0.3, 0.4) is 0 Å². The van der Waals surface area contributed by atoms with Crippen molar-refractivity contribution in [2.75, 3.05) is 26.4 Å². The number of nitrogens with zero attached hydrogens (tertiary/aromatic N) is 4. The van der Waals surface area contributed by atoms with Crippen LogP contribution in [0.1, 0.15) is 29.8 Å². The molecule has 7 nitrogen and oxygen atoms in total. The molecule has 0 saturated carbocycles. The van der Waals surface area contributed by atoms with Gasteiger partial charge in [0.2, 0.25) is 0 Å². The van der Waals surface area contributed by atoms with Gasteiger partial charge in [-0.25, -0.2) is 18.1 Å². The molecule has 0 spiro atoms. The maximum Gasteiger partial charge on any atom is 0.251 e. The van der Waals surface area contributed by atoms with Gasteiger partial charge in [-0.3, -0.25) is 4.79 Å². The molecule has 4 aromatic rings. The van der Waals surface area contributed by atoms with Crippen molar-refractivity contribution in [3.8, 4) is 28.5 Å². The van der Waals surface area contributed by atoms with Crippen molar-refractivity contribution in [3.05, 3.63) is 88.6 Å². The van der Waals surface area contributed by atoms with E-state index in [1.165, 1.54) is 29.1 Å². The summed E-state index contributed by atoms with van der Waals surface area (Å²) in [5, 5.41) is 8.56. The number of halogens is 2. The van der Waals surface area contributed by atoms with Crippen molar-refractivity contribution in [2.45, 2.75) is 18.8 Å². The molecule has 0 unspecified atom stereocenters. The second-order valence-electron chi connectivity index (χ2n) is 7.98. The van der Waals surface area contributed by atoms with Crippen LogP contribution < -0.4 is 10.2 Å². The predicted molar refractivity (Wildman–Crippen MR) is 127 cm³/mol. The van der Waals surface area contributed by atoms with Crippen LogP contribution in [0.5, 0.6) is 5.75 Å². The average molecular weight is 483 g/mol. The summed E-state index contributed by atoms with van der Waals surface area (Å²) in [4.78, 5) is 13.4. The number of hydrogen-bond donors (Lipinski definition) is 0. The Hall–Kier alpha value is -3.85. The molecule has 35 heavy (non-hydrogen) atoms. The van der Waals surface area contributed by atoms with Crippen LogP contribution in [0.2, 0.25) is 0 Å². The summed E-state index contributed by atoms with van der Waals surface area (Å²) >= 11 is 0. The molecule has 0 aliphatic carbocycles. The first-order valence-electron chi connectivity index (χ1n) is 13.0. The third-order valence-corrected chi connectivity index (χ3v) is 5.88. The molecule has 0 radical (unpaired) electrons. The Kier molecular flexibility index (Phi) is 5.38. The SMILES string of the molecule is [2H]C([2H])(F)C([2H])([2H])Oc1cn(-c2ccc(C3CCOCC3)cc2F)nc(-c2ccnn2-c2ccccc2)c1=O. The van der Waals surface area contributed by atoms with Crippen molar-refractivity contribution in [1.29, 1.82) is 0 Å². The van der Waals surface area contributed by atoms with Crippen molar-refractivity contribution < 1.29 is 23.7 Å². The highest BCUT2D eigenvalue weighted by molar-refractivity contribution is 5.59. The Morgan fingerprint density at radius 2 is 1.94 bits per heavy atom.